The van der Waals surface area contributed by atoms with Gasteiger partial charge in [0.2, 0.25) is 0 Å². The summed E-state index contributed by atoms with van der Waals surface area (Å²) < 4.78 is 7.27. The molecular weight excluding hydrogens is 316 g/mol. The van der Waals surface area contributed by atoms with Crippen molar-refractivity contribution in [1.29, 1.82) is 0 Å². The molecule has 3 aromatic rings. The molecule has 0 aromatic carbocycles. The van der Waals surface area contributed by atoms with Gasteiger partial charge in [0.1, 0.15) is 5.76 Å². The minimum atomic E-state index is -0.199. The molecule has 1 atom stereocenters. The second-order valence-electron chi connectivity index (χ2n) is 7.00. The molecule has 1 amide bonds. The lowest BCUT2D eigenvalue weighted by Crippen LogP contribution is -2.26. The van der Waals surface area contributed by atoms with Crippen LogP contribution in [0.15, 0.2) is 35.1 Å². The van der Waals surface area contributed by atoms with E-state index in [9.17, 15) is 4.79 Å². The number of pyridine rings is 1. The van der Waals surface area contributed by atoms with Gasteiger partial charge in [0.15, 0.2) is 5.65 Å². The van der Waals surface area contributed by atoms with E-state index in [0.29, 0.717) is 11.5 Å². The molecule has 1 fully saturated rings. The Labute approximate surface area is 146 Å². The molecular formula is C19H22N4O2. The van der Waals surface area contributed by atoms with Gasteiger partial charge in [-0.2, -0.15) is 5.10 Å². The Bertz CT molecular complexity index is 907. The lowest BCUT2D eigenvalue weighted by Gasteiger charge is -2.13. The maximum atomic E-state index is 12.9. The van der Waals surface area contributed by atoms with Gasteiger partial charge in [-0.25, -0.2) is 9.67 Å². The fraction of sp³-hybridized carbons (Fsp3) is 0.421. The molecule has 1 N–H and O–H groups in total. The molecule has 1 aliphatic carbocycles. The largest absolute Gasteiger partial charge is 0.467 e. The zero-order chi connectivity index (χ0) is 17.6. The highest BCUT2D eigenvalue weighted by Crippen LogP contribution is 2.40. The predicted molar refractivity (Wildman–Crippen MR) is 94.5 cm³/mol. The third-order valence-corrected chi connectivity index (χ3v) is 4.63. The summed E-state index contributed by atoms with van der Waals surface area (Å²) in [5, 5.41) is 8.26. The first-order valence-corrected chi connectivity index (χ1v) is 8.77. The lowest BCUT2D eigenvalue weighted by molar-refractivity contribution is 0.0937. The molecule has 25 heavy (non-hydrogen) atoms. The molecule has 1 aliphatic rings. The Kier molecular flexibility index (Phi) is 3.82. The summed E-state index contributed by atoms with van der Waals surface area (Å²) in [5.74, 6) is 1.08. The fourth-order valence-corrected chi connectivity index (χ4v) is 3.07. The van der Waals surface area contributed by atoms with E-state index in [-0.39, 0.29) is 18.0 Å². The van der Waals surface area contributed by atoms with Crippen molar-refractivity contribution >= 4 is 16.9 Å². The summed E-state index contributed by atoms with van der Waals surface area (Å²) in [6, 6.07) is 5.60. The zero-order valence-corrected chi connectivity index (χ0v) is 14.7. The van der Waals surface area contributed by atoms with E-state index < -0.39 is 0 Å². The van der Waals surface area contributed by atoms with Gasteiger partial charge >= 0.3 is 0 Å². The van der Waals surface area contributed by atoms with E-state index in [1.54, 1.807) is 12.5 Å². The number of aromatic nitrogens is 3. The van der Waals surface area contributed by atoms with Crippen LogP contribution < -0.4 is 5.32 Å². The number of nitrogens with one attached hydrogen (secondary N) is 1. The van der Waals surface area contributed by atoms with Crippen molar-refractivity contribution in [2.45, 2.75) is 51.6 Å². The summed E-state index contributed by atoms with van der Waals surface area (Å²) in [6.45, 7) is 6.04. The number of amides is 1. The fourth-order valence-electron chi connectivity index (χ4n) is 3.07. The molecule has 3 aromatic heterocycles. The Morgan fingerprint density at radius 1 is 1.36 bits per heavy atom. The van der Waals surface area contributed by atoms with E-state index in [0.717, 1.165) is 35.3 Å². The Hall–Kier alpha value is -2.63. The standard InChI is InChI=1S/C19H22N4O2/c1-11(2)23-18-15(10-20-23)14(9-16(22-18)13-6-7-13)19(24)21-12(3)17-5-4-8-25-17/h4-5,8-13H,6-7H2,1-3H3,(H,21,24)/t12-/m0/s1. The molecule has 3 heterocycles. The summed E-state index contributed by atoms with van der Waals surface area (Å²) in [5.41, 5.74) is 2.41. The van der Waals surface area contributed by atoms with E-state index >= 15 is 0 Å². The van der Waals surface area contributed by atoms with Crippen LogP contribution in [0, 0.1) is 0 Å². The third-order valence-electron chi connectivity index (χ3n) is 4.63. The molecule has 0 aliphatic heterocycles. The first-order chi connectivity index (χ1) is 12.0. The quantitative estimate of drug-likeness (QED) is 0.764. The molecule has 6 heteroatoms. The summed E-state index contributed by atoms with van der Waals surface area (Å²) in [7, 11) is 0. The van der Waals surface area contributed by atoms with Crippen LogP contribution in [0.1, 0.15) is 73.4 Å². The average Bonchev–Trinajstić information content (AvgIpc) is 3.11. The zero-order valence-electron chi connectivity index (χ0n) is 14.7. The van der Waals surface area contributed by atoms with Gasteiger partial charge in [0, 0.05) is 17.7 Å². The van der Waals surface area contributed by atoms with Crippen LogP contribution in [-0.4, -0.2) is 20.7 Å². The minimum Gasteiger partial charge on any atom is -0.467 e. The molecule has 0 bridgehead atoms. The normalized spacial score (nSPS) is 15.7. The number of hydrogen-bond acceptors (Lipinski definition) is 4. The van der Waals surface area contributed by atoms with Crippen molar-refractivity contribution in [1.82, 2.24) is 20.1 Å². The van der Waals surface area contributed by atoms with E-state index in [4.69, 9.17) is 9.40 Å². The molecule has 0 radical (unpaired) electrons. The Morgan fingerprint density at radius 2 is 2.16 bits per heavy atom. The monoisotopic (exact) mass is 338 g/mol. The van der Waals surface area contributed by atoms with Crippen molar-refractivity contribution in [3.63, 3.8) is 0 Å². The smallest absolute Gasteiger partial charge is 0.252 e. The second kappa shape index (κ2) is 6.02. The van der Waals surface area contributed by atoms with Crippen molar-refractivity contribution in [2.24, 2.45) is 0 Å². The highest BCUT2D eigenvalue weighted by molar-refractivity contribution is 6.05. The van der Waals surface area contributed by atoms with Crippen LogP contribution >= 0.6 is 0 Å². The maximum absolute atomic E-state index is 12.9. The van der Waals surface area contributed by atoms with Crippen molar-refractivity contribution in [3.8, 4) is 0 Å². The highest BCUT2D eigenvalue weighted by atomic mass is 16.3. The summed E-state index contributed by atoms with van der Waals surface area (Å²) >= 11 is 0. The summed E-state index contributed by atoms with van der Waals surface area (Å²) in [6.07, 6.45) is 5.63. The van der Waals surface area contributed by atoms with Crippen LogP contribution in [0.2, 0.25) is 0 Å². The van der Waals surface area contributed by atoms with Gasteiger partial charge in [0.05, 0.1) is 29.5 Å². The van der Waals surface area contributed by atoms with Gasteiger partial charge in [-0.1, -0.05) is 0 Å². The number of nitrogens with zero attached hydrogens (tertiary/aromatic N) is 3. The first-order valence-electron chi connectivity index (χ1n) is 8.77. The maximum Gasteiger partial charge on any atom is 0.252 e. The third kappa shape index (κ3) is 2.92. The van der Waals surface area contributed by atoms with E-state index in [2.05, 4.69) is 24.3 Å². The highest BCUT2D eigenvalue weighted by Gasteiger charge is 2.28. The van der Waals surface area contributed by atoms with E-state index in [1.165, 1.54) is 0 Å². The number of fused-ring (bicyclic) bond motifs is 1. The average molecular weight is 338 g/mol. The first kappa shape index (κ1) is 15.9. The number of hydrogen-bond donors (Lipinski definition) is 1. The number of rotatable bonds is 5. The van der Waals surface area contributed by atoms with Crippen LogP contribution in [0.3, 0.4) is 0 Å². The topological polar surface area (TPSA) is 73.0 Å². The van der Waals surface area contributed by atoms with Crippen molar-refractivity contribution < 1.29 is 9.21 Å². The molecule has 0 spiro atoms. The van der Waals surface area contributed by atoms with Gasteiger partial charge < -0.3 is 9.73 Å². The van der Waals surface area contributed by atoms with Gasteiger partial charge in [-0.3, -0.25) is 4.79 Å². The van der Waals surface area contributed by atoms with Gasteiger partial charge in [-0.05, 0) is 51.8 Å². The molecule has 0 saturated heterocycles. The number of carbonyl (C=O) groups excluding carboxylic acids is 1. The van der Waals surface area contributed by atoms with Gasteiger partial charge in [-0.15, -0.1) is 0 Å². The summed E-state index contributed by atoms with van der Waals surface area (Å²) in [4.78, 5) is 17.7. The second-order valence-corrected chi connectivity index (χ2v) is 7.00. The molecule has 1 saturated carbocycles. The number of carbonyl (C=O) groups is 1. The Balaban J connectivity index is 1.73. The van der Waals surface area contributed by atoms with Crippen LogP contribution in [0.5, 0.6) is 0 Å². The molecule has 6 nitrogen and oxygen atoms in total. The molecule has 0 unspecified atom stereocenters. The van der Waals surface area contributed by atoms with Crippen molar-refractivity contribution in [2.75, 3.05) is 0 Å². The van der Waals surface area contributed by atoms with E-state index in [1.807, 2.05) is 29.8 Å². The SMILES string of the molecule is CC(C)n1ncc2c(C(=O)N[C@@H](C)c3ccco3)cc(C3CC3)nc21. The van der Waals surface area contributed by atoms with Crippen LogP contribution in [-0.2, 0) is 0 Å². The van der Waals surface area contributed by atoms with Crippen LogP contribution in [0.25, 0.3) is 11.0 Å². The Morgan fingerprint density at radius 3 is 2.80 bits per heavy atom. The molecule has 4 rings (SSSR count). The van der Waals surface area contributed by atoms with Gasteiger partial charge in [0.25, 0.3) is 5.91 Å². The lowest BCUT2D eigenvalue weighted by atomic mass is 10.1. The number of furan rings is 1. The predicted octanol–water partition coefficient (Wildman–Crippen LogP) is 3.97. The molecule has 130 valence electrons. The minimum absolute atomic E-state index is 0.124. The van der Waals surface area contributed by atoms with Crippen LogP contribution in [0.4, 0.5) is 0 Å². The van der Waals surface area contributed by atoms with Crippen molar-refractivity contribution in [3.05, 3.63) is 47.7 Å².